The SMILES string of the molecule is CCCC(=O)Nc1cncc(-c2cnc3n[nH]c(-c4cc5c(-c6ccsc6)cccc5[nH]4)c3c2)c1. The van der Waals surface area contributed by atoms with Crippen LogP contribution in [0.3, 0.4) is 0 Å². The lowest BCUT2D eigenvalue weighted by atomic mass is 10.0. The molecule has 1 amide bonds. The van der Waals surface area contributed by atoms with Crippen LogP contribution >= 0.6 is 11.3 Å². The van der Waals surface area contributed by atoms with E-state index in [1.54, 1.807) is 29.9 Å². The van der Waals surface area contributed by atoms with Crippen LogP contribution in [0.25, 0.3) is 55.6 Å². The van der Waals surface area contributed by atoms with Crippen molar-refractivity contribution in [1.82, 2.24) is 25.1 Å². The molecule has 0 aliphatic heterocycles. The van der Waals surface area contributed by atoms with Crippen molar-refractivity contribution in [2.75, 3.05) is 5.32 Å². The minimum Gasteiger partial charge on any atom is -0.353 e. The molecular formula is C27H22N6OS. The first-order valence-corrected chi connectivity index (χ1v) is 12.4. The van der Waals surface area contributed by atoms with Gasteiger partial charge in [0.15, 0.2) is 5.65 Å². The minimum atomic E-state index is -0.0159. The monoisotopic (exact) mass is 478 g/mol. The van der Waals surface area contributed by atoms with Crippen molar-refractivity contribution in [3.05, 3.63) is 71.8 Å². The number of pyridine rings is 2. The number of nitrogens with zero attached hydrogens (tertiary/aromatic N) is 3. The van der Waals surface area contributed by atoms with Gasteiger partial charge in [0.1, 0.15) is 0 Å². The van der Waals surface area contributed by atoms with Gasteiger partial charge in [-0.2, -0.15) is 16.4 Å². The molecule has 0 spiro atoms. The van der Waals surface area contributed by atoms with E-state index in [0.717, 1.165) is 45.2 Å². The standard InChI is InChI=1S/C27H22N6OS/c1-2-4-25(34)30-19-9-17(12-28-14-19)18-10-22-26(32-33-27(22)29-13-18)24-11-21-20(16-7-8-35-15-16)5-3-6-23(21)31-24/h3,5-15,31H,2,4H2,1H3,(H,30,34)(H,29,32,33). The summed E-state index contributed by atoms with van der Waals surface area (Å²) in [7, 11) is 0. The number of carbonyl (C=O) groups excluding carboxylic acids is 1. The Morgan fingerprint density at radius 3 is 2.80 bits per heavy atom. The highest BCUT2D eigenvalue weighted by molar-refractivity contribution is 7.08. The van der Waals surface area contributed by atoms with Crippen LogP contribution in [0, 0.1) is 0 Å². The van der Waals surface area contributed by atoms with Crippen LogP contribution in [0.5, 0.6) is 0 Å². The molecular weight excluding hydrogens is 456 g/mol. The molecule has 172 valence electrons. The first kappa shape index (κ1) is 21.2. The van der Waals surface area contributed by atoms with Crippen molar-refractivity contribution in [3.8, 4) is 33.6 Å². The Hall–Kier alpha value is -4.30. The summed E-state index contributed by atoms with van der Waals surface area (Å²) in [6.45, 7) is 1.98. The number of rotatable bonds is 6. The number of H-pyrrole nitrogens is 2. The Bertz CT molecular complexity index is 1660. The number of hydrogen-bond acceptors (Lipinski definition) is 5. The van der Waals surface area contributed by atoms with Gasteiger partial charge in [-0.15, -0.1) is 0 Å². The Balaban J connectivity index is 1.40. The highest BCUT2D eigenvalue weighted by Gasteiger charge is 2.15. The summed E-state index contributed by atoms with van der Waals surface area (Å²) in [4.78, 5) is 24.4. The van der Waals surface area contributed by atoms with Crippen LogP contribution in [0.1, 0.15) is 19.8 Å². The molecule has 7 nitrogen and oxygen atoms in total. The number of benzene rings is 1. The fourth-order valence-corrected chi connectivity index (χ4v) is 4.99. The van der Waals surface area contributed by atoms with Gasteiger partial charge in [0.2, 0.25) is 5.91 Å². The summed E-state index contributed by atoms with van der Waals surface area (Å²) < 4.78 is 0. The summed E-state index contributed by atoms with van der Waals surface area (Å²) in [5.41, 5.74) is 8.38. The number of thiophene rings is 1. The van der Waals surface area contributed by atoms with Gasteiger partial charge >= 0.3 is 0 Å². The van der Waals surface area contributed by atoms with Crippen LogP contribution in [0.2, 0.25) is 0 Å². The number of carbonyl (C=O) groups is 1. The lowest BCUT2D eigenvalue weighted by molar-refractivity contribution is -0.116. The molecule has 6 aromatic rings. The Kier molecular flexibility index (Phi) is 5.35. The number of aromatic nitrogens is 5. The number of amides is 1. The van der Waals surface area contributed by atoms with E-state index in [4.69, 9.17) is 0 Å². The van der Waals surface area contributed by atoms with E-state index in [9.17, 15) is 4.79 Å². The third kappa shape index (κ3) is 3.98. The van der Waals surface area contributed by atoms with Crippen molar-refractivity contribution < 1.29 is 4.79 Å². The predicted octanol–water partition coefficient (Wildman–Crippen LogP) is 6.64. The molecule has 0 aliphatic carbocycles. The number of nitrogens with one attached hydrogen (secondary N) is 3. The first-order chi connectivity index (χ1) is 17.2. The van der Waals surface area contributed by atoms with Crippen molar-refractivity contribution in [2.24, 2.45) is 0 Å². The molecule has 8 heteroatoms. The normalized spacial score (nSPS) is 11.3. The molecule has 0 atom stereocenters. The van der Waals surface area contributed by atoms with Gasteiger partial charge in [-0.3, -0.25) is 14.9 Å². The van der Waals surface area contributed by atoms with E-state index in [0.29, 0.717) is 17.8 Å². The Morgan fingerprint density at radius 1 is 1.03 bits per heavy atom. The molecule has 0 unspecified atom stereocenters. The van der Waals surface area contributed by atoms with Gasteiger partial charge in [-0.25, -0.2) is 4.98 Å². The second kappa shape index (κ2) is 8.81. The predicted molar refractivity (Wildman–Crippen MR) is 141 cm³/mol. The molecule has 0 radical (unpaired) electrons. The van der Waals surface area contributed by atoms with Gasteiger partial charge in [-0.05, 0) is 58.6 Å². The molecule has 0 fully saturated rings. The van der Waals surface area contributed by atoms with Crippen LogP contribution in [0.15, 0.2) is 71.8 Å². The molecule has 0 bridgehead atoms. The van der Waals surface area contributed by atoms with E-state index in [-0.39, 0.29) is 5.91 Å². The molecule has 5 heterocycles. The summed E-state index contributed by atoms with van der Waals surface area (Å²) in [5.74, 6) is -0.0159. The number of aromatic amines is 2. The largest absolute Gasteiger partial charge is 0.353 e. The topological polar surface area (TPSA) is 99.3 Å². The van der Waals surface area contributed by atoms with Gasteiger partial charge in [0.25, 0.3) is 0 Å². The molecule has 0 saturated carbocycles. The van der Waals surface area contributed by atoms with Gasteiger partial charge in [0, 0.05) is 46.2 Å². The third-order valence-corrected chi connectivity index (χ3v) is 6.69. The van der Waals surface area contributed by atoms with Gasteiger partial charge in [0.05, 0.1) is 23.3 Å². The van der Waals surface area contributed by atoms with Crippen molar-refractivity contribution >= 4 is 44.9 Å². The maximum Gasteiger partial charge on any atom is 0.224 e. The van der Waals surface area contributed by atoms with Crippen molar-refractivity contribution in [3.63, 3.8) is 0 Å². The van der Waals surface area contributed by atoms with Crippen molar-refractivity contribution in [1.29, 1.82) is 0 Å². The lowest BCUT2D eigenvalue weighted by Crippen LogP contribution is -2.10. The maximum atomic E-state index is 12.0. The van der Waals surface area contributed by atoms with Crippen molar-refractivity contribution in [2.45, 2.75) is 19.8 Å². The zero-order chi connectivity index (χ0) is 23.8. The third-order valence-electron chi connectivity index (χ3n) is 6.01. The smallest absolute Gasteiger partial charge is 0.224 e. The molecule has 6 rings (SSSR count). The molecule has 0 aliphatic rings. The summed E-state index contributed by atoms with van der Waals surface area (Å²) >= 11 is 1.69. The first-order valence-electron chi connectivity index (χ1n) is 11.4. The second-order valence-corrected chi connectivity index (χ2v) is 9.20. The van der Waals surface area contributed by atoms with Gasteiger partial charge in [-0.1, -0.05) is 19.1 Å². The van der Waals surface area contributed by atoms with Crippen LogP contribution in [0.4, 0.5) is 5.69 Å². The summed E-state index contributed by atoms with van der Waals surface area (Å²) in [5, 5.41) is 16.8. The molecule has 0 saturated heterocycles. The average Bonchev–Trinajstić information content (AvgIpc) is 3.63. The summed E-state index contributed by atoms with van der Waals surface area (Å²) in [6, 6.07) is 14.6. The number of hydrogen-bond donors (Lipinski definition) is 3. The van der Waals surface area contributed by atoms with E-state index >= 15 is 0 Å². The highest BCUT2D eigenvalue weighted by Crippen LogP contribution is 2.35. The number of fused-ring (bicyclic) bond motifs is 2. The quantitative estimate of drug-likeness (QED) is 0.250. The zero-order valence-electron chi connectivity index (χ0n) is 19.0. The van der Waals surface area contributed by atoms with Gasteiger partial charge < -0.3 is 10.3 Å². The average molecular weight is 479 g/mol. The second-order valence-electron chi connectivity index (χ2n) is 8.42. The fourth-order valence-electron chi connectivity index (χ4n) is 4.34. The van der Waals surface area contributed by atoms with E-state index in [1.807, 2.05) is 13.0 Å². The Morgan fingerprint density at radius 2 is 1.94 bits per heavy atom. The molecule has 1 aromatic carbocycles. The zero-order valence-corrected chi connectivity index (χ0v) is 19.8. The van der Waals surface area contributed by atoms with Crippen LogP contribution in [-0.2, 0) is 4.79 Å². The van der Waals surface area contributed by atoms with E-state index in [2.05, 4.69) is 77.6 Å². The van der Waals surface area contributed by atoms with E-state index in [1.165, 1.54) is 11.1 Å². The lowest BCUT2D eigenvalue weighted by Gasteiger charge is -2.07. The molecule has 35 heavy (non-hydrogen) atoms. The minimum absolute atomic E-state index is 0.0159. The van der Waals surface area contributed by atoms with E-state index < -0.39 is 0 Å². The number of anilines is 1. The fraction of sp³-hybridized carbons (Fsp3) is 0.111. The summed E-state index contributed by atoms with van der Waals surface area (Å²) in [6.07, 6.45) is 6.48. The van der Waals surface area contributed by atoms with Crippen LogP contribution in [-0.4, -0.2) is 31.1 Å². The Labute approximate surface area is 205 Å². The van der Waals surface area contributed by atoms with Crippen LogP contribution < -0.4 is 5.32 Å². The molecule has 3 N–H and O–H groups in total. The highest BCUT2D eigenvalue weighted by atomic mass is 32.1. The molecule has 5 aromatic heterocycles. The maximum absolute atomic E-state index is 12.0.